The summed E-state index contributed by atoms with van der Waals surface area (Å²) in [5.41, 5.74) is 0. The Labute approximate surface area is 82.9 Å². The molecule has 1 nitrogen and oxygen atoms in total. The zero-order chi connectivity index (χ0) is 9.40. The maximum absolute atomic E-state index is 5.00. The van der Waals surface area contributed by atoms with Crippen molar-refractivity contribution in [2.24, 2.45) is 0 Å². The average molecular weight is 206 g/mol. The number of rotatable bonds is 1. The van der Waals surface area contributed by atoms with E-state index in [2.05, 4.69) is 29.9 Å². The first-order valence-electron chi connectivity index (χ1n) is 4.04. The third kappa shape index (κ3) is 4.42. The van der Waals surface area contributed by atoms with Gasteiger partial charge in [0, 0.05) is 0 Å². The molecular weight excluding hydrogens is 191 g/mol. The molecule has 0 saturated heterocycles. The molecule has 2 heteroatoms. The maximum atomic E-state index is 5.00. The molecule has 0 aliphatic rings. The van der Waals surface area contributed by atoms with Crippen molar-refractivity contribution in [3.8, 4) is 5.75 Å². The van der Waals surface area contributed by atoms with Crippen LogP contribution in [0.25, 0.3) is 0 Å². The molecule has 1 aromatic rings. The van der Waals surface area contributed by atoms with E-state index in [1.807, 2.05) is 24.3 Å². The summed E-state index contributed by atoms with van der Waals surface area (Å²) in [6.07, 6.45) is 1.25. The molecule has 0 heterocycles. The summed E-state index contributed by atoms with van der Waals surface area (Å²) in [6.45, 7) is 4.25. The van der Waals surface area contributed by atoms with Gasteiger partial charge in [-0.2, -0.15) is 0 Å². The van der Waals surface area contributed by atoms with Crippen LogP contribution < -0.4 is 9.20 Å². The van der Waals surface area contributed by atoms with Gasteiger partial charge in [0.1, 0.15) is 0 Å². The number of benzene rings is 1. The minimum atomic E-state index is 0.873. The van der Waals surface area contributed by atoms with Crippen LogP contribution in [0.4, 0.5) is 0 Å². The van der Waals surface area contributed by atoms with Gasteiger partial charge in [0.05, 0.1) is 0 Å². The van der Waals surface area contributed by atoms with Gasteiger partial charge >= 0.3 is 62.3 Å². The van der Waals surface area contributed by atoms with E-state index < -0.39 is 0 Å². The summed E-state index contributed by atoms with van der Waals surface area (Å²) in [5.74, 6) is 0.873. The Kier molecular flexibility index (Phi) is 6.93. The summed E-state index contributed by atoms with van der Waals surface area (Å²) in [4.78, 5) is 0. The van der Waals surface area contributed by atoms with Gasteiger partial charge in [-0.25, -0.2) is 0 Å². The van der Waals surface area contributed by atoms with Gasteiger partial charge in [0.25, 0.3) is 0 Å². The summed E-state index contributed by atoms with van der Waals surface area (Å²) in [6, 6.07) is 7.74. The fourth-order valence-corrected chi connectivity index (χ4v) is 0.943. The first-order chi connectivity index (χ1) is 5.76. The number of methoxy groups -OCH3 is 1. The molecule has 0 radical (unpaired) electrons. The van der Waals surface area contributed by atoms with Crippen LogP contribution in [0.1, 0.15) is 20.3 Å². The predicted octanol–water partition coefficient (Wildman–Crippen LogP) is 2.28. The number of hydrogen-bond donors (Lipinski definition) is 0. The summed E-state index contributed by atoms with van der Waals surface area (Å²) >= 11 is 3.33. The Bertz CT molecular complexity index is 211. The molecule has 1 aromatic carbocycles. The molecule has 0 fully saturated rings. The molecule has 0 atom stereocenters. The first kappa shape index (κ1) is 11.5. The van der Waals surface area contributed by atoms with Crippen LogP contribution in [0.15, 0.2) is 24.3 Å². The van der Waals surface area contributed by atoms with Crippen LogP contribution in [0.5, 0.6) is 5.75 Å². The molecule has 0 N–H and O–H groups in total. The fourth-order valence-electron chi connectivity index (χ4n) is 0.610. The molecule has 0 aliphatic heterocycles. The van der Waals surface area contributed by atoms with E-state index in [1.54, 1.807) is 7.11 Å². The van der Waals surface area contributed by atoms with Crippen molar-refractivity contribution < 1.29 is 20.7 Å². The second-order valence-electron chi connectivity index (χ2n) is 2.34. The summed E-state index contributed by atoms with van der Waals surface area (Å²) in [5, 5.41) is 0. The second kappa shape index (κ2) is 7.20. The molecule has 0 aromatic heterocycles. The third-order valence-electron chi connectivity index (χ3n) is 1.06. The third-order valence-corrected chi connectivity index (χ3v) is 1.54. The van der Waals surface area contributed by atoms with E-state index >= 15 is 0 Å². The molecule has 0 amide bonds. The van der Waals surface area contributed by atoms with Gasteiger partial charge in [0.15, 0.2) is 0 Å². The number of para-hydroxylation sites is 1. The minimum absolute atomic E-state index is 0.873. The number of ether oxygens (including phenoxy) is 1. The van der Waals surface area contributed by atoms with E-state index in [-0.39, 0.29) is 0 Å². The molecule has 0 aliphatic carbocycles. The molecule has 1 rings (SSSR count). The van der Waals surface area contributed by atoms with E-state index in [0.717, 1.165) is 10.2 Å². The van der Waals surface area contributed by atoms with Crippen LogP contribution in [0, 0.1) is 0 Å². The summed E-state index contributed by atoms with van der Waals surface area (Å²) < 4.78 is 5.99. The molecule has 0 spiro atoms. The molecule has 68 valence electrons. The van der Waals surface area contributed by atoms with Gasteiger partial charge in [-0.1, -0.05) is 20.3 Å². The Morgan fingerprint density at radius 2 is 1.75 bits per heavy atom. The van der Waals surface area contributed by atoms with Crippen molar-refractivity contribution in [2.45, 2.75) is 20.3 Å². The van der Waals surface area contributed by atoms with Gasteiger partial charge in [-0.15, -0.1) is 0 Å². The topological polar surface area (TPSA) is 9.23 Å². The zero-order valence-corrected chi connectivity index (χ0v) is 8.98. The van der Waals surface area contributed by atoms with Gasteiger partial charge in [0.2, 0.25) is 0 Å². The SMILES string of the molecule is CCC.COc1cccc[c]1[Mn]. The van der Waals surface area contributed by atoms with Crippen molar-refractivity contribution >= 4 is 4.46 Å². The Morgan fingerprint density at radius 1 is 1.25 bits per heavy atom. The van der Waals surface area contributed by atoms with Crippen LogP contribution in [-0.2, 0) is 16.0 Å². The Balaban J connectivity index is 0.000000354. The molecule has 0 unspecified atom stereocenters. The van der Waals surface area contributed by atoms with Gasteiger partial charge < -0.3 is 0 Å². The first-order valence-corrected chi connectivity index (χ1v) is 4.63. The van der Waals surface area contributed by atoms with E-state index in [4.69, 9.17) is 4.74 Å². The van der Waals surface area contributed by atoms with E-state index in [1.165, 1.54) is 6.42 Å². The average Bonchev–Trinajstić information content (AvgIpc) is 2.07. The standard InChI is InChI=1S/C7H7O.C3H8.Mn/c1-8-7-5-3-2-4-6-7;1-3-2;/h2-5H,1H3;3H2,1-2H3;. The quantitative estimate of drug-likeness (QED) is 0.640. The van der Waals surface area contributed by atoms with Crippen molar-refractivity contribution in [3.63, 3.8) is 0 Å². The van der Waals surface area contributed by atoms with E-state index in [9.17, 15) is 0 Å². The predicted molar refractivity (Wildman–Crippen MR) is 48.6 cm³/mol. The summed E-state index contributed by atoms with van der Waals surface area (Å²) in [7, 11) is 1.65. The van der Waals surface area contributed by atoms with Crippen molar-refractivity contribution in [3.05, 3.63) is 24.3 Å². The monoisotopic (exact) mass is 206 g/mol. The Hall–Kier alpha value is -0.461. The second-order valence-corrected chi connectivity index (χ2v) is 2.98. The molecule has 12 heavy (non-hydrogen) atoms. The number of hydrogen-bond acceptors (Lipinski definition) is 1. The van der Waals surface area contributed by atoms with Crippen molar-refractivity contribution in [1.82, 2.24) is 0 Å². The fraction of sp³-hybridized carbons (Fsp3) is 0.400. The molecular formula is C10H15MnO. The van der Waals surface area contributed by atoms with Crippen LogP contribution in [0.3, 0.4) is 0 Å². The van der Waals surface area contributed by atoms with Gasteiger partial charge in [-0.05, 0) is 0 Å². The molecule has 0 saturated carbocycles. The Morgan fingerprint density at radius 3 is 2.08 bits per heavy atom. The van der Waals surface area contributed by atoms with E-state index in [0.29, 0.717) is 0 Å². The van der Waals surface area contributed by atoms with Crippen molar-refractivity contribution in [2.75, 3.05) is 7.11 Å². The molecule has 0 bridgehead atoms. The van der Waals surface area contributed by atoms with Crippen LogP contribution in [-0.4, -0.2) is 7.11 Å². The zero-order valence-electron chi connectivity index (χ0n) is 7.80. The van der Waals surface area contributed by atoms with Crippen LogP contribution >= 0.6 is 0 Å². The normalized spacial score (nSPS) is 8.33. The van der Waals surface area contributed by atoms with Crippen molar-refractivity contribution in [1.29, 1.82) is 0 Å². The van der Waals surface area contributed by atoms with Gasteiger partial charge in [-0.3, -0.25) is 0 Å². The van der Waals surface area contributed by atoms with Crippen LogP contribution in [0.2, 0.25) is 0 Å².